The van der Waals surface area contributed by atoms with Crippen molar-refractivity contribution in [2.24, 2.45) is 5.73 Å². The van der Waals surface area contributed by atoms with Crippen molar-refractivity contribution in [2.75, 3.05) is 6.54 Å². The molecule has 0 aliphatic rings. The molecule has 22 heavy (non-hydrogen) atoms. The van der Waals surface area contributed by atoms with Crippen molar-refractivity contribution in [3.8, 4) is 0 Å². The van der Waals surface area contributed by atoms with Crippen LogP contribution in [0.15, 0.2) is 30.3 Å². The predicted molar refractivity (Wildman–Crippen MR) is 88.3 cm³/mol. The monoisotopic (exact) mass is 305 g/mol. The molecule has 4 N–H and O–H groups in total. The Bertz CT molecular complexity index is 462. The fourth-order valence-electron chi connectivity index (χ4n) is 2.37. The number of unbranched alkanes of at least 4 members (excludes halogenated alkanes) is 1. The van der Waals surface area contributed by atoms with E-state index in [9.17, 15) is 9.59 Å². The molecule has 5 nitrogen and oxygen atoms in total. The number of carbonyl (C=O) groups excluding carboxylic acids is 2. The molecule has 2 atom stereocenters. The van der Waals surface area contributed by atoms with Crippen molar-refractivity contribution in [1.82, 2.24) is 10.6 Å². The van der Waals surface area contributed by atoms with Crippen LogP contribution < -0.4 is 16.4 Å². The number of carbonyl (C=O) groups is 2. The molecule has 0 heterocycles. The second kappa shape index (κ2) is 9.95. The van der Waals surface area contributed by atoms with Crippen molar-refractivity contribution in [3.63, 3.8) is 0 Å². The molecule has 1 aromatic rings. The van der Waals surface area contributed by atoms with Crippen molar-refractivity contribution < 1.29 is 9.59 Å². The van der Waals surface area contributed by atoms with Crippen LogP contribution in [-0.4, -0.2) is 30.4 Å². The third-order valence-corrected chi connectivity index (χ3v) is 3.41. The van der Waals surface area contributed by atoms with Gasteiger partial charge in [0.2, 0.25) is 11.8 Å². The van der Waals surface area contributed by atoms with E-state index in [4.69, 9.17) is 5.73 Å². The summed E-state index contributed by atoms with van der Waals surface area (Å²) < 4.78 is 0. The van der Waals surface area contributed by atoms with E-state index in [1.165, 1.54) is 12.5 Å². The molecule has 0 bridgehead atoms. The molecule has 122 valence electrons. The molecule has 0 radical (unpaired) electrons. The summed E-state index contributed by atoms with van der Waals surface area (Å²) in [6.45, 7) is 3.99. The van der Waals surface area contributed by atoms with Gasteiger partial charge in [-0.2, -0.15) is 0 Å². The standard InChI is InChI=1S/C17H27N3O2/c1-13(12-15-8-4-3-5-9-15)19-17(22)16(20-14(2)21)10-6-7-11-18/h3-5,8-9,13,16H,6-7,10-12,18H2,1-2H3,(H,19,22)(H,20,21). The Morgan fingerprint density at radius 2 is 1.82 bits per heavy atom. The van der Waals surface area contributed by atoms with Gasteiger partial charge in [0.15, 0.2) is 0 Å². The maximum Gasteiger partial charge on any atom is 0.242 e. The fourth-order valence-corrected chi connectivity index (χ4v) is 2.37. The van der Waals surface area contributed by atoms with Gasteiger partial charge in [-0.15, -0.1) is 0 Å². The van der Waals surface area contributed by atoms with Gasteiger partial charge in [-0.05, 0) is 44.7 Å². The van der Waals surface area contributed by atoms with Crippen molar-refractivity contribution in [3.05, 3.63) is 35.9 Å². The lowest BCUT2D eigenvalue weighted by atomic mass is 10.1. The van der Waals surface area contributed by atoms with Crippen LogP contribution in [0.2, 0.25) is 0 Å². The normalized spacial score (nSPS) is 13.2. The van der Waals surface area contributed by atoms with E-state index in [-0.39, 0.29) is 17.9 Å². The highest BCUT2D eigenvalue weighted by Crippen LogP contribution is 2.05. The van der Waals surface area contributed by atoms with Gasteiger partial charge >= 0.3 is 0 Å². The predicted octanol–water partition coefficient (Wildman–Crippen LogP) is 1.37. The molecule has 0 fully saturated rings. The zero-order valence-corrected chi connectivity index (χ0v) is 13.5. The average molecular weight is 305 g/mol. The summed E-state index contributed by atoms with van der Waals surface area (Å²) in [6.07, 6.45) is 3.05. The Balaban J connectivity index is 2.51. The quantitative estimate of drug-likeness (QED) is 0.602. The summed E-state index contributed by atoms with van der Waals surface area (Å²) in [7, 11) is 0. The van der Waals surface area contributed by atoms with Crippen LogP contribution in [0.1, 0.15) is 38.7 Å². The maximum absolute atomic E-state index is 12.3. The zero-order chi connectivity index (χ0) is 16.4. The lowest BCUT2D eigenvalue weighted by Crippen LogP contribution is -2.49. The molecule has 0 spiro atoms. The Morgan fingerprint density at radius 1 is 1.14 bits per heavy atom. The van der Waals surface area contributed by atoms with Crippen LogP contribution in [0.3, 0.4) is 0 Å². The number of nitrogens with one attached hydrogen (secondary N) is 2. The van der Waals surface area contributed by atoms with Crippen LogP contribution in [-0.2, 0) is 16.0 Å². The van der Waals surface area contributed by atoms with Crippen LogP contribution >= 0.6 is 0 Å². The molecule has 0 aliphatic heterocycles. The Morgan fingerprint density at radius 3 is 2.41 bits per heavy atom. The fraction of sp³-hybridized carbons (Fsp3) is 0.529. The first-order valence-electron chi connectivity index (χ1n) is 7.84. The van der Waals surface area contributed by atoms with E-state index in [1.54, 1.807) is 0 Å². The van der Waals surface area contributed by atoms with Gasteiger partial charge in [-0.25, -0.2) is 0 Å². The summed E-state index contributed by atoms with van der Waals surface area (Å²) in [5, 5.41) is 5.69. The molecule has 2 amide bonds. The minimum absolute atomic E-state index is 0.0145. The third kappa shape index (κ3) is 7.22. The molecule has 1 rings (SSSR count). The molecule has 0 saturated heterocycles. The first-order valence-corrected chi connectivity index (χ1v) is 7.84. The first-order chi connectivity index (χ1) is 10.5. The van der Waals surface area contributed by atoms with E-state index in [0.717, 1.165) is 19.3 Å². The van der Waals surface area contributed by atoms with E-state index in [1.807, 2.05) is 37.3 Å². The average Bonchev–Trinajstić information content (AvgIpc) is 2.46. The smallest absolute Gasteiger partial charge is 0.242 e. The van der Waals surface area contributed by atoms with Crippen LogP contribution in [0.25, 0.3) is 0 Å². The summed E-state index contributed by atoms with van der Waals surface area (Å²) in [5.74, 6) is -0.320. The number of benzene rings is 1. The summed E-state index contributed by atoms with van der Waals surface area (Å²) in [6, 6.07) is 9.54. The SMILES string of the molecule is CC(=O)NC(CCCCN)C(=O)NC(C)Cc1ccccc1. The molecule has 0 aromatic heterocycles. The number of rotatable bonds is 9. The lowest BCUT2D eigenvalue weighted by molar-refractivity contribution is -0.128. The van der Waals surface area contributed by atoms with Gasteiger partial charge in [0.05, 0.1) is 0 Å². The largest absolute Gasteiger partial charge is 0.352 e. The van der Waals surface area contributed by atoms with E-state index < -0.39 is 6.04 Å². The maximum atomic E-state index is 12.3. The summed E-state index contributed by atoms with van der Waals surface area (Å²) >= 11 is 0. The zero-order valence-electron chi connectivity index (χ0n) is 13.5. The topological polar surface area (TPSA) is 84.2 Å². The highest BCUT2D eigenvalue weighted by Gasteiger charge is 2.20. The van der Waals surface area contributed by atoms with Gasteiger partial charge in [0, 0.05) is 13.0 Å². The highest BCUT2D eigenvalue weighted by molar-refractivity contribution is 5.86. The first kappa shape index (κ1) is 18.2. The molecular formula is C17H27N3O2. The molecule has 2 unspecified atom stereocenters. The van der Waals surface area contributed by atoms with E-state index >= 15 is 0 Å². The van der Waals surface area contributed by atoms with Crippen LogP contribution in [0, 0.1) is 0 Å². The van der Waals surface area contributed by atoms with Gasteiger partial charge in [0.25, 0.3) is 0 Å². The van der Waals surface area contributed by atoms with Gasteiger partial charge in [-0.3, -0.25) is 9.59 Å². The highest BCUT2D eigenvalue weighted by atomic mass is 16.2. The number of hydrogen-bond donors (Lipinski definition) is 3. The second-order valence-electron chi connectivity index (χ2n) is 5.64. The molecule has 0 aliphatic carbocycles. The summed E-state index contributed by atoms with van der Waals surface area (Å²) in [4.78, 5) is 23.6. The number of amides is 2. The van der Waals surface area contributed by atoms with Crippen LogP contribution in [0.5, 0.6) is 0 Å². The van der Waals surface area contributed by atoms with E-state index in [2.05, 4.69) is 10.6 Å². The Hall–Kier alpha value is -1.88. The molecule has 1 aromatic carbocycles. The molecule has 5 heteroatoms. The Kier molecular flexibility index (Phi) is 8.22. The molecule has 0 saturated carbocycles. The molecular weight excluding hydrogens is 278 g/mol. The van der Waals surface area contributed by atoms with Crippen molar-refractivity contribution in [1.29, 1.82) is 0 Å². The van der Waals surface area contributed by atoms with Crippen molar-refractivity contribution in [2.45, 2.75) is 51.6 Å². The van der Waals surface area contributed by atoms with Crippen LogP contribution in [0.4, 0.5) is 0 Å². The van der Waals surface area contributed by atoms with Gasteiger partial charge < -0.3 is 16.4 Å². The number of hydrogen-bond acceptors (Lipinski definition) is 3. The number of nitrogens with two attached hydrogens (primary N) is 1. The van der Waals surface area contributed by atoms with Crippen molar-refractivity contribution >= 4 is 11.8 Å². The van der Waals surface area contributed by atoms with Gasteiger partial charge in [-0.1, -0.05) is 30.3 Å². The third-order valence-electron chi connectivity index (χ3n) is 3.41. The van der Waals surface area contributed by atoms with E-state index in [0.29, 0.717) is 13.0 Å². The minimum Gasteiger partial charge on any atom is -0.352 e. The van der Waals surface area contributed by atoms with Gasteiger partial charge in [0.1, 0.15) is 6.04 Å². The Labute approximate surface area is 132 Å². The summed E-state index contributed by atoms with van der Waals surface area (Å²) in [5.41, 5.74) is 6.65. The minimum atomic E-state index is -0.484. The lowest BCUT2D eigenvalue weighted by Gasteiger charge is -2.21. The second-order valence-corrected chi connectivity index (χ2v) is 5.64.